The first kappa shape index (κ1) is 22.2. The summed E-state index contributed by atoms with van der Waals surface area (Å²) in [6.07, 6.45) is 0.823. The summed E-state index contributed by atoms with van der Waals surface area (Å²) in [6, 6.07) is 13.3. The van der Waals surface area contributed by atoms with Crippen LogP contribution in [0.2, 0.25) is 0 Å². The van der Waals surface area contributed by atoms with Gasteiger partial charge in [0.15, 0.2) is 11.5 Å². The van der Waals surface area contributed by atoms with E-state index in [0.717, 1.165) is 23.2 Å². The van der Waals surface area contributed by atoms with Crippen molar-refractivity contribution in [3.8, 4) is 11.5 Å². The molecule has 2 N–H and O–H groups in total. The molecule has 0 saturated carbocycles. The van der Waals surface area contributed by atoms with Gasteiger partial charge in [-0.05, 0) is 42.8 Å². The van der Waals surface area contributed by atoms with Crippen LogP contribution in [0.25, 0.3) is 0 Å². The van der Waals surface area contributed by atoms with Crippen LogP contribution in [0.3, 0.4) is 0 Å². The van der Waals surface area contributed by atoms with Crippen molar-refractivity contribution in [3.63, 3.8) is 0 Å². The molecule has 0 spiro atoms. The Kier molecular flexibility index (Phi) is 8.48. The highest BCUT2D eigenvalue weighted by molar-refractivity contribution is 5.95. The summed E-state index contributed by atoms with van der Waals surface area (Å²) >= 11 is 0. The average molecular weight is 399 g/mol. The Morgan fingerprint density at radius 1 is 1.00 bits per heavy atom. The summed E-state index contributed by atoms with van der Waals surface area (Å²) < 4.78 is 10.5. The quantitative estimate of drug-likeness (QED) is 0.642. The topological polar surface area (TPSA) is 79.9 Å². The van der Waals surface area contributed by atoms with E-state index in [9.17, 15) is 9.59 Å². The van der Waals surface area contributed by atoms with E-state index < -0.39 is 0 Å². The molecule has 0 fully saturated rings. The molecule has 0 radical (unpaired) electrons. The highest BCUT2D eigenvalue weighted by atomic mass is 16.5. The van der Waals surface area contributed by atoms with Crippen molar-refractivity contribution < 1.29 is 19.1 Å². The molecule has 0 heterocycles. The Bertz CT molecular complexity index is 839. The molecule has 7 nitrogen and oxygen atoms in total. The minimum atomic E-state index is -0.248. The molecule has 2 aromatic rings. The van der Waals surface area contributed by atoms with Crippen molar-refractivity contribution in [2.24, 2.45) is 0 Å². The van der Waals surface area contributed by atoms with Crippen molar-refractivity contribution in [2.75, 3.05) is 39.7 Å². The fraction of sp³-hybridized carbons (Fsp3) is 0.364. The Morgan fingerprint density at radius 3 is 2.41 bits per heavy atom. The van der Waals surface area contributed by atoms with Gasteiger partial charge in [-0.25, -0.2) is 0 Å². The molecule has 0 bridgehead atoms. The van der Waals surface area contributed by atoms with Crippen LogP contribution in [0, 0.1) is 0 Å². The van der Waals surface area contributed by atoms with Crippen LogP contribution in [-0.4, -0.2) is 51.1 Å². The van der Waals surface area contributed by atoms with Crippen LogP contribution in [0.15, 0.2) is 42.5 Å². The molecule has 2 rings (SSSR count). The zero-order valence-electron chi connectivity index (χ0n) is 17.5. The van der Waals surface area contributed by atoms with Crippen LogP contribution in [0.1, 0.15) is 18.1 Å². The molecule has 0 aliphatic heterocycles. The molecular formula is C22H29N3O4. The summed E-state index contributed by atoms with van der Waals surface area (Å²) in [5, 5.41) is 5.50. The van der Waals surface area contributed by atoms with Crippen LogP contribution >= 0.6 is 0 Å². The van der Waals surface area contributed by atoms with Gasteiger partial charge >= 0.3 is 0 Å². The summed E-state index contributed by atoms with van der Waals surface area (Å²) in [4.78, 5) is 26.2. The number of methoxy groups -OCH3 is 2. The van der Waals surface area contributed by atoms with Crippen molar-refractivity contribution in [1.29, 1.82) is 0 Å². The SMILES string of the molecule is CCc1ccccc1NC(=O)CNC(=O)CN(C)Cc1ccc(OC)c(OC)c1. The number of carbonyl (C=O) groups is 2. The number of nitrogens with zero attached hydrogens (tertiary/aromatic N) is 1. The molecule has 0 atom stereocenters. The Hall–Kier alpha value is -3.06. The number of likely N-dealkylation sites (N-methyl/N-ethyl adjacent to an activating group) is 1. The maximum Gasteiger partial charge on any atom is 0.243 e. The van der Waals surface area contributed by atoms with Crippen molar-refractivity contribution in [3.05, 3.63) is 53.6 Å². The number of amides is 2. The lowest BCUT2D eigenvalue weighted by Gasteiger charge is -2.17. The molecule has 0 aromatic heterocycles. The number of aryl methyl sites for hydroxylation is 1. The van der Waals surface area contributed by atoms with Gasteiger partial charge in [0.25, 0.3) is 0 Å². The molecule has 0 saturated heterocycles. The lowest BCUT2D eigenvalue weighted by molar-refractivity contribution is -0.124. The standard InChI is InChI=1S/C22H29N3O4/c1-5-17-8-6-7-9-18(17)24-21(26)13-23-22(27)15-25(2)14-16-10-11-19(28-3)20(12-16)29-4/h6-12H,5,13-15H2,1-4H3,(H,23,27)(H,24,26). The van der Waals surface area contributed by atoms with E-state index in [0.29, 0.717) is 18.0 Å². The Morgan fingerprint density at radius 2 is 1.72 bits per heavy atom. The number of hydrogen-bond acceptors (Lipinski definition) is 5. The van der Waals surface area contributed by atoms with Crippen LogP contribution in [0.5, 0.6) is 11.5 Å². The molecule has 2 aromatic carbocycles. The van der Waals surface area contributed by atoms with Crippen LogP contribution in [0.4, 0.5) is 5.69 Å². The molecule has 2 amide bonds. The maximum atomic E-state index is 12.2. The first-order valence-corrected chi connectivity index (χ1v) is 9.50. The fourth-order valence-corrected chi connectivity index (χ4v) is 2.97. The largest absolute Gasteiger partial charge is 0.493 e. The van der Waals surface area contributed by atoms with E-state index in [4.69, 9.17) is 9.47 Å². The predicted molar refractivity (Wildman–Crippen MR) is 113 cm³/mol. The lowest BCUT2D eigenvalue weighted by Crippen LogP contribution is -2.39. The Labute approximate surface area is 172 Å². The van der Waals surface area contributed by atoms with Gasteiger partial charge in [-0.3, -0.25) is 14.5 Å². The van der Waals surface area contributed by atoms with E-state index in [1.54, 1.807) is 14.2 Å². The molecular weight excluding hydrogens is 370 g/mol. The molecule has 29 heavy (non-hydrogen) atoms. The number of nitrogens with one attached hydrogen (secondary N) is 2. The monoisotopic (exact) mass is 399 g/mol. The first-order chi connectivity index (χ1) is 14.0. The third-order valence-corrected chi connectivity index (χ3v) is 4.43. The molecule has 156 valence electrons. The first-order valence-electron chi connectivity index (χ1n) is 9.50. The highest BCUT2D eigenvalue weighted by Crippen LogP contribution is 2.27. The zero-order valence-corrected chi connectivity index (χ0v) is 17.5. The second kappa shape index (κ2) is 11.1. The van der Waals surface area contributed by atoms with E-state index in [-0.39, 0.29) is 24.9 Å². The number of anilines is 1. The molecule has 0 aliphatic carbocycles. The summed E-state index contributed by atoms with van der Waals surface area (Å²) in [5.74, 6) is 0.841. The van der Waals surface area contributed by atoms with Crippen molar-refractivity contribution in [1.82, 2.24) is 10.2 Å². The van der Waals surface area contributed by atoms with Crippen molar-refractivity contribution >= 4 is 17.5 Å². The normalized spacial score (nSPS) is 10.5. The van der Waals surface area contributed by atoms with E-state index in [1.807, 2.05) is 61.3 Å². The summed E-state index contributed by atoms with van der Waals surface area (Å²) in [5.41, 5.74) is 2.83. The maximum absolute atomic E-state index is 12.2. The average Bonchev–Trinajstić information content (AvgIpc) is 2.72. The summed E-state index contributed by atoms with van der Waals surface area (Å²) in [7, 11) is 5.02. The minimum absolute atomic E-state index is 0.0684. The molecule has 7 heteroatoms. The predicted octanol–water partition coefficient (Wildman–Crippen LogP) is 2.45. The van der Waals surface area contributed by atoms with Crippen LogP contribution < -0.4 is 20.1 Å². The minimum Gasteiger partial charge on any atom is -0.493 e. The smallest absolute Gasteiger partial charge is 0.243 e. The van der Waals surface area contributed by atoms with Gasteiger partial charge in [0.2, 0.25) is 11.8 Å². The summed E-state index contributed by atoms with van der Waals surface area (Å²) in [6.45, 7) is 2.69. The van der Waals surface area contributed by atoms with Gasteiger partial charge in [0, 0.05) is 12.2 Å². The van der Waals surface area contributed by atoms with Gasteiger partial charge in [-0.15, -0.1) is 0 Å². The van der Waals surface area contributed by atoms with Gasteiger partial charge < -0.3 is 20.1 Å². The third-order valence-electron chi connectivity index (χ3n) is 4.43. The van der Waals surface area contributed by atoms with Crippen LogP contribution in [-0.2, 0) is 22.6 Å². The van der Waals surface area contributed by atoms with Gasteiger partial charge in [0.05, 0.1) is 27.3 Å². The van der Waals surface area contributed by atoms with E-state index in [1.165, 1.54) is 0 Å². The third kappa shape index (κ3) is 6.80. The van der Waals surface area contributed by atoms with E-state index >= 15 is 0 Å². The number of para-hydroxylation sites is 1. The highest BCUT2D eigenvalue weighted by Gasteiger charge is 2.12. The number of rotatable bonds is 10. The second-order valence-electron chi connectivity index (χ2n) is 6.70. The number of hydrogen-bond donors (Lipinski definition) is 2. The van der Waals surface area contributed by atoms with Crippen molar-refractivity contribution in [2.45, 2.75) is 19.9 Å². The number of benzene rings is 2. The van der Waals surface area contributed by atoms with E-state index in [2.05, 4.69) is 10.6 Å². The zero-order chi connectivity index (χ0) is 21.2. The lowest BCUT2D eigenvalue weighted by atomic mass is 10.1. The molecule has 0 unspecified atom stereocenters. The van der Waals surface area contributed by atoms with Gasteiger partial charge in [0.1, 0.15) is 0 Å². The number of carbonyl (C=O) groups excluding carboxylic acids is 2. The van der Waals surface area contributed by atoms with Gasteiger partial charge in [-0.1, -0.05) is 31.2 Å². The molecule has 0 aliphatic rings. The fourth-order valence-electron chi connectivity index (χ4n) is 2.97. The second-order valence-corrected chi connectivity index (χ2v) is 6.70. The Balaban J connectivity index is 1.80. The number of ether oxygens (including phenoxy) is 2. The van der Waals surface area contributed by atoms with Gasteiger partial charge in [-0.2, -0.15) is 0 Å².